The van der Waals surface area contributed by atoms with Crippen LogP contribution in [0.5, 0.6) is 0 Å². The highest BCUT2D eigenvalue weighted by Crippen LogP contribution is 2.08. The van der Waals surface area contributed by atoms with E-state index in [-0.39, 0.29) is 11.5 Å². The van der Waals surface area contributed by atoms with E-state index in [0.717, 1.165) is 4.47 Å². The van der Waals surface area contributed by atoms with E-state index < -0.39 is 0 Å². The lowest BCUT2D eigenvalue weighted by Gasteiger charge is -2.26. The topological polar surface area (TPSA) is 91.1 Å². The zero-order chi connectivity index (χ0) is 14.4. The number of morpholine rings is 1. The van der Waals surface area contributed by atoms with Crippen molar-refractivity contribution < 1.29 is 9.53 Å². The van der Waals surface area contributed by atoms with E-state index in [1.165, 1.54) is 6.20 Å². The molecule has 1 fully saturated rings. The molecule has 1 aromatic heterocycles. The molecule has 0 aromatic carbocycles. The normalized spacial score (nSPS) is 15.6. The molecule has 0 atom stereocenters. The van der Waals surface area contributed by atoms with Crippen LogP contribution in [0.2, 0.25) is 0 Å². The summed E-state index contributed by atoms with van der Waals surface area (Å²) in [6.45, 7) is 1.97. The molecule has 0 saturated carbocycles. The number of hydrogen-bond acceptors (Lipinski definition) is 6. The van der Waals surface area contributed by atoms with Crippen molar-refractivity contribution >= 4 is 27.8 Å². The number of amides is 1. The molecule has 20 heavy (non-hydrogen) atoms. The maximum atomic E-state index is 12.1. The number of carbonyl (C=O) groups is 1. The molecule has 1 aliphatic heterocycles. The number of aromatic nitrogens is 2. The Morgan fingerprint density at radius 1 is 1.45 bits per heavy atom. The molecular formula is C12H12BrN5O2. The smallest absolute Gasteiger partial charge is 0.266 e. The number of ether oxygens (including phenoxy) is 1. The summed E-state index contributed by atoms with van der Waals surface area (Å²) in [5, 5.41) is 11.8. The van der Waals surface area contributed by atoms with E-state index in [9.17, 15) is 4.79 Å². The van der Waals surface area contributed by atoms with Crippen molar-refractivity contribution in [1.29, 1.82) is 5.26 Å². The Labute approximate surface area is 124 Å². The quantitative estimate of drug-likeness (QED) is 0.651. The molecule has 1 aliphatic rings. The number of halogens is 1. The lowest BCUT2D eigenvalue weighted by molar-refractivity contribution is -0.130. The summed E-state index contributed by atoms with van der Waals surface area (Å²) in [6.07, 6.45) is 4.46. The lowest BCUT2D eigenvalue weighted by atomic mass is 10.2. The van der Waals surface area contributed by atoms with Crippen LogP contribution in [0.15, 0.2) is 28.6 Å². The van der Waals surface area contributed by atoms with Gasteiger partial charge < -0.3 is 15.0 Å². The standard InChI is InChI=1S/C12H12BrN5O2/c13-10-7-16-12(17-8-10)15-6-9(5-14)11(19)18-1-3-20-4-2-18/h6-8H,1-4H2,(H,15,16,17)/b9-6-. The van der Waals surface area contributed by atoms with Crippen LogP contribution in [0.3, 0.4) is 0 Å². The fourth-order valence-electron chi connectivity index (χ4n) is 1.60. The van der Waals surface area contributed by atoms with Crippen molar-refractivity contribution in [3.8, 4) is 6.07 Å². The molecule has 0 bridgehead atoms. The summed E-state index contributed by atoms with van der Waals surface area (Å²) in [5.74, 6) is -0.00357. The average Bonchev–Trinajstić information content (AvgIpc) is 2.50. The van der Waals surface area contributed by atoms with Crippen LogP contribution in [0.4, 0.5) is 5.95 Å². The van der Waals surface area contributed by atoms with Crippen LogP contribution in [0, 0.1) is 11.3 Å². The van der Waals surface area contributed by atoms with Gasteiger partial charge in [-0.1, -0.05) is 0 Å². The largest absolute Gasteiger partial charge is 0.378 e. The number of anilines is 1. The molecule has 0 spiro atoms. The molecule has 8 heteroatoms. The van der Waals surface area contributed by atoms with Gasteiger partial charge in [-0.05, 0) is 15.9 Å². The van der Waals surface area contributed by atoms with Crippen molar-refractivity contribution in [1.82, 2.24) is 14.9 Å². The van der Waals surface area contributed by atoms with E-state index >= 15 is 0 Å². The van der Waals surface area contributed by atoms with Gasteiger partial charge in [-0.25, -0.2) is 9.97 Å². The minimum Gasteiger partial charge on any atom is -0.378 e. The van der Waals surface area contributed by atoms with Gasteiger partial charge in [-0.3, -0.25) is 4.79 Å². The second-order valence-corrected chi connectivity index (χ2v) is 4.86. The molecule has 2 rings (SSSR count). The van der Waals surface area contributed by atoms with Crippen molar-refractivity contribution in [3.63, 3.8) is 0 Å². The third-order valence-electron chi connectivity index (χ3n) is 2.62. The minimum atomic E-state index is -0.319. The molecule has 0 aliphatic carbocycles. The predicted octanol–water partition coefficient (Wildman–Crippen LogP) is 0.917. The molecule has 1 saturated heterocycles. The number of hydrogen-bond donors (Lipinski definition) is 1. The van der Waals surface area contributed by atoms with Gasteiger partial charge in [0.25, 0.3) is 5.91 Å². The third kappa shape index (κ3) is 3.76. The van der Waals surface area contributed by atoms with Crippen LogP contribution < -0.4 is 5.32 Å². The van der Waals surface area contributed by atoms with E-state index in [1.807, 2.05) is 6.07 Å². The SMILES string of the molecule is N#C/C(=C/Nc1ncc(Br)cn1)C(=O)N1CCOCC1. The zero-order valence-corrected chi connectivity index (χ0v) is 12.1. The molecule has 2 heterocycles. The first-order chi connectivity index (χ1) is 9.70. The lowest BCUT2D eigenvalue weighted by Crippen LogP contribution is -2.41. The zero-order valence-electron chi connectivity index (χ0n) is 10.5. The van der Waals surface area contributed by atoms with Crippen molar-refractivity contribution in [3.05, 3.63) is 28.6 Å². The van der Waals surface area contributed by atoms with Gasteiger partial charge in [0.1, 0.15) is 11.6 Å². The second-order valence-electron chi connectivity index (χ2n) is 3.94. The van der Waals surface area contributed by atoms with Crippen LogP contribution in [0.1, 0.15) is 0 Å². The van der Waals surface area contributed by atoms with Gasteiger partial charge in [0.2, 0.25) is 5.95 Å². The Morgan fingerprint density at radius 2 is 2.10 bits per heavy atom. The first kappa shape index (κ1) is 14.4. The van der Waals surface area contributed by atoms with Crippen molar-refractivity contribution in [2.24, 2.45) is 0 Å². The Kier molecular flexibility index (Phi) is 5.03. The molecule has 0 unspecified atom stereocenters. The highest BCUT2D eigenvalue weighted by molar-refractivity contribution is 9.10. The summed E-state index contributed by atoms with van der Waals surface area (Å²) in [6, 6.07) is 1.88. The fourth-order valence-corrected chi connectivity index (χ4v) is 1.81. The van der Waals surface area contributed by atoms with Crippen molar-refractivity contribution in [2.75, 3.05) is 31.6 Å². The first-order valence-electron chi connectivity index (χ1n) is 5.92. The number of nitrogens with zero attached hydrogens (tertiary/aromatic N) is 4. The molecule has 1 aromatic rings. The van der Waals surface area contributed by atoms with Gasteiger partial charge in [0.15, 0.2) is 0 Å². The molecule has 0 radical (unpaired) electrons. The summed E-state index contributed by atoms with van der Waals surface area (Å²) < 4.78 is 5.91. The Bertz CT molecular complexity index is 546. The van der Waals surface area contributed by atoms with E-state index in [1.54, 1.807) is 17.3 Å². The molecule has 7 nitrogen and oxygen atoms in total. The number of carbonyl (C=O) groups excluding carboxylic acids is 1. The Hall–Kier alpha value is -1.98. The van der Waals surface area contributed by atoms with Crippen LogP contribution in [-0.4, -0.2) is 47.1 Å². The number of rotatable bonds is 3. The summed E-state index contributed by atoms with van der Waals surface area (Å²) in [5.41, 5.74) is 0.0124. The van der Waals surface area contributed by atoms with Crippen LogP contribution in [0.25, 0.3) is 0 Å². The van der Waals surface area contributed by atoms with Crippen LogP contribution >= 0.6 is 15.9 Å². The summed E-state index contributed by atoms with van der Waals surface area (Å²) in [7, 11) is 0. The summed E-state index contributed by atoms with van der Waals surface area (Å²) >= 11 is 3.22. The maximum Gasteiger partial charge on any atom is 0.266 e. The Morgan fingerprint density at radius 3 is 2.70 bits per heavy atom. The van der Waals surface area contributed by atoms with Gasteiger partial charge >= 0.3 is 0 Å². The monoisotopic (exact) mass is 337 g/mol. The average molecular weight is 338 g/mol. The van der Waals surface area contributed by atoms with Gasteiger partial charge in [-0.2, -0.15) is 5.26 Å². The van der Waals surface area contributed by atoms with E-state index in [4.69, 9.17) is 10.00 Å². The van der Waals surface area contributed by atoms with Gasteiger partial charge in [-0.15, -0.1) is 0 Å². The highest BCUT2D eigenvalue weighted by Gasteiger charge is 2.20. The molecule has 104 valence electrons. The minimum absolute atomic E-state index is 0.0124. The van der Waals surface area contributed by atoms with E-state index in [0.29, 0.717) is 32.3 Å². The highest BCUT2D eigenvalue weighted by atomic mass is 79.9. The molecule has 1 amide bonds. The maximum absolute atomic E-state index is 12.1. The van der Waals surface area contributed by atoms with Gasteiger partial charge in [0.05, 0.1) is 17.7 Å². The number of nitrogens with one attached hydrogen (secondary N) is 1. The van der Waals surface area contributed by atoms with Crippen molar-refractivity contribution in [2.45, 2.75) is 0 Å². The predicted molar refractivity (Wildman–Crippen MR) is 74.4 cm³/mol. The van der Waals surface area contributed by atoms with Crippen LogP contribution in [-0.2, 0) is 9.53 Å². The molecular weight excluding hydrogens is 326 g/mol. The van der Waals surface area contributed by atoms with Gasteiger partial charge in [0, 0.05) is 31.7 Å². The molecule has 1 N–H and O–H groups in total. The fraction of sp³-hybridized carbons (Fsp3) is 0.333. The first-order valence-corrected chi connectivity index (χ1v) is 6.71. The third-order valence-corrected chi connectivity index (χ3v) is 3.02. The second kappa shape index (κ2) is 6.98. The van der Waals surface area contributed by atoms with E-state index in [2.05, 4.69) is 31.2 Å². The Balaban J connectivity index is 2.03. The number of nitriles is 1. The summed E-state index contributed by atoms with van der Waals surface area (Å²) in [4.78, 5) is 21.7.